The first-order chi connectivity index (χ1) is 15.3. The van der Waals surface area contributed by atoms with E-state index in [0.29, 0.717) is 18.6 Å². The van der Waals surface area contributed by atoms with Crippen molar-refractivity contribution in [1.29, 1.82) is 0 Å². The van der Waals surface area contributed by atoms with Gasteiger partial charge in [-0.3, -0.25) is 4.90 Å². The predicted octanol–water partition coefficient (Wildman–Crippen LogP) is 2.02. The smallest absolute Gasteiger partial charge is 0.146 e. The molecule has 4 aliphatic rings. The van der Waals surface area contributed by atoms with E-state index in [9.17, 15) is 0 Å². The maximum absolute atomic E-state index is 6.31. The Kier molecular flexibility index (Phi) is 4.93. The van der Waals surface area contributed by atoms with Gasteiger partial charge < -0.3 is 25.0 Å². The fraction of sp³-hybridized carbons (Fsp3) is 0.565. The highest BCUT2D eigenvalue weighted by molar-refractivity contribution is 5.73. The fourth-order valence-electron chi connectivity index (χ4n) is 5.26. The van der Waals surface area contributed by atoms with Gasteiger partial charge in [-0.15, -0.1) is 0 Å². The van der Waals surface area contributed by atoms with Crippen molar-refractivity contribution in [3.05, 3.63) is 35.2 Å². The Morgan fingerprint density at radius 2 is 2.00 bits per heavy atom. The van der Waals surface area contributed by atoms with Crippen molar-refractivity contribution in [1.82, 2.24) is 20.2 Å². The van der Waals surface area contributed by atoms with Crippen LogP contribution in [0.15, 0.2) is 18.5 Å². The zero-order valence-corrected chi connectivity index (χ0v) is 18.1. The third kappa shape index (κ3) is 3.52. The monoisotopic (exact) mass is 422 g/mol. The largest absolute Gasteiger partial charge is 0.486 e. The van der Waals surface area contributed by atoms with Crippen molar-refractivity contribution in [2.24, 2.45) is 0 Å². The molecule has 0 aliphatic carbocycles. The lowest BCUT2D eigenvalue weighted by atomic mass is 9.88. The number of morpholine rings is 1. The Balaban J connectivity index is 1.25. The van der Waals surface area contributed by atoms with E-state index < -0.39 is 0 Å². The number of benzene rings is 1. The number of ether oxygens (including phenoxy) is 2. The highest BCUT2D eigenvalue weighted by Gasteiger charge is 2.35. The van der Waals surface area contributed by atoms with Crippen molar-refractivity contribution in [2.45, 2.75) is 31.9 Å². The number of aryl methyl sites for hydroxylation is 1. The lowest BCUT2D eigenvalue weighted by Crippen LogP contribution is -2.51. The summed E-state index contributed by atoms with van der Waals surface area (Å²) in [6.45, 7) is 10.3. The molecule has 3 saturated heterocycles. The van der Waals surface area contributed by atoms with E-state index in [2.05, 4.69) is 49.5 Å². The third-order valence-corrected chi connectivity index (χ3v) is 7.08. The molecule has 0 radical (unpaired) electrons. The minimum absolute atomic E-state index is 0.467. The van der Waals surface area contributed by atoms with Crippen LogP contribution in [0.2, 0.25) is 0 Å². The molecule has 0 amide bonds. The van der Waals surface area contributed by atoms with Gasteiger partial charge in [0.2, 0.25) is 0 Å². The summed E-state index contributed by atoms with van der Waals surface area (Å²) in [5.74, 6) is 3.31. The molecule has 0 bridgehead atoms. The van der Waals surface area contributed by atoms with Gasteiger partial charge in [-0.25, -0.2) is 9.97 Å². The summed E-state index contributed by atoms with van der Waals surface area (Å²) in [5.41, 5.74) is 4.60. The first-order valence-corrected chi connectivity index (χ1v) is 11.4. The molecular formula is C23H30N6O2. The highest BCUT2D eigenvalue weighted by atomic mass is 16.5. The van der Waals surface area contributed by atoms with Crippen molar-refractivity contribution in [2.75, 3.05) is 62.7 Å². The Bertz CT molecular complexity index is 965. The average molecular weight is 423 g/mol. The maximum atomic E-state index is 6.31. The number of hydrogen-bond donors (Lipinski definition) is 2. The second-order valence-corrected chi connectivity index (χ2v) is 9.05. The topological polar surface area (TPSA) is 74.8 Å². The molecule has 2 N–H and O–H groups in total. The molecular weight excluding hydrogens is 392 g/mol. The van der Waals surface area contributed by atoms with Crippen LogP contribution >= 0.6 is 0 Å². The van der Waals surface area contributed by atoms with Gasteiger partial charge in [0.15, 0.2) is 0 Å². The van der Waals surface area contributed by atoms with E-state index in [-0.39, 0.29) is 0 Å². The summed E-state index contributed by atoms with van der Waals surface area (Å²) >= 11 is 0. The lowest BCUT2D eigenvalue weighted by molar-refractivity contribution is 0.101. The van der Waals surface area contributed by atoms with Crippen LogP contribution in [0, 0.1) is 6.92 Å². The summed E-state index contributed by atoms with van der Waals surface area (Å²) in [6.07, 6.45) is 2.92. The number of nitrogens with one attached hydrogen (secondary N) is 2. The summed E-state index contributed by atoms with van der Waals surface area (Å²) in [6, 6.07) is 5.28. The molecule has 31 heavy (non-hydrogen) atoms. The van der Waals surface area contributed by atoms with Crippen LogP contribution in [0.25, 0.3) is 0 Å². The van der Waals surface area contributed by atoms with Crippen LogP contribution in [-0.4, -0.2) is 73.4 Å². The number of rotatable bonds is 3. The van der Waals surface area contributed by atoms with E-state index in [4.69, 9.17) is 9.47 Å². The Labute approximate surface area is 182 Å². The normalized spacial score (nSPS) is 23.9. The molecule has 1 aromatic heterocycles. The van der Waals surface area contributed by atoms with E-state index in [1.807, 2.05) is 0 Å². The number of nitrogens with zero attached hydrogens (tertiary/aromatic N) is 4. The Morgan fingerprint density at radius 3 is 2.81 bits per heavy atom. The first-order valence-electron chi connectivity index (χ1n) is 11.4. The summed E-state index contributed by atoms with van der Waals surface area (Å²) in [5, 5.41) is 7.06. The quantitative estimate of drug-likeness (QED) is 0.778. The average Bonchev–Trinajstić information content (AvgIpc) is 3.20. The molecule has 4 aliphatic heterocycles. The summed E-state index contributed by atoms with van der Waals surface area (Å²) in [4.78, 5) is 14.0. The molecule has 164 valence electrons. The molecule has 3 fully saturated rings. The molecule has 2 aromatic rings. The van der Waals surface area contributed by atoms with E-state index in [1.54, 1.807) is 6.33 Å². The molecule has 0 spiro atoms. The number of hydrogen-bond acceptors (Lipinski definition) is 8. The number of aromatic nitrogens is 2. The number of likely N-dealkylation sites (tertiary alicyclic amines) is 1. The van der Waals surface area contributed by atoms with Crippen LogP contribution < -0.4 is 20.3 Å². The fourth-order valence-corrected chi connectivity index (χ4v) is 5.26. The van der Waals surface area contributed by atoms with Crippen LogP contribution in [0.4, 0.5) is 17.3 Å². The molecule has 0 saturated carbocycles. The SMILES string of the molecule is Cc1cc(C2CN(C3CCNC3)C2)cc2c1OCc1c(ncnc1N1CCOCC1)N2. The predicted molar refractivity (Wildman–Crippen MR) is 119 cm³/mol. The van der Waals surface area contributed by atoms with Gasteiger partial charge in [0.25, 0.3) is 0 Å². The van der Waals surface area contributed by atoms with Crippen LogP contribution in [0.3, 0.4) is 0 Å². The zero-order valence-electron chi connectivity index (χ0n) is 18.1. The second kappa shape index (κ2) is 7.93. The summed E-state index contributed by atoms with van der Waals surface area (Å²) in [7, 11) is 0. The molecule has 5 heterocycles. The standard InChI is InChI=1S/C23H30N6O2/c1-15-8-16(17-11-29(12-17)18-2-3-24-10-18)9-20-21(15)31-13-19-22(27-20)25-14-26-23(19)28-4-6-30-7-5-28/h8-9,14,17-18,24H,2-7,10-13H2,1H3,(H,25,26,27). The van der Waals surface area contributed by atoms with E-state index >= 15 is 0 Å². The van der Waals surface area contributed by atoms with Gasteiger partial charge >= 0.3 is 0 Å². The highest BCUT2D eigenvalue weighted by Crippen LogP contribution is 2.41. The van der Waals surface area contributed by atoms with Crippen molar-refractivity contribution in [3.63, 3.8) is 0 Å². The molecule has 8 nitrogen and oxygen atoms in total. The van der Waals surface area contributed by atoms with Gasteiger partial charge in [0.1, 0.15) is 30.3 Å². The van der Waals surface area contributed by atoms with Crippen molar-refractivity contribution >= 4 is 17.3 Å². The Hall–Kier alpha value is -2.42. The second-order valence-electron chi connectivity index (χ2n) is 9.05. The minimum Gasteiger partial charge on any atom is -0.486 e. The molecule has 1 aromatic carbocycles. The molecule has 1 unspecified atom stereocenters. The molecule has 1 atom stereocenters. The number of fused-ring (bicyclic) bond motifs is 2. The maximum Gasteiger partial charge on any atom is 0.146 e. The van der Waals surface area contributed by atoms with Gasteiger partial charge in [-0.05, 0) is 37.1 Å². The zero-order chi connectivity index (χ0) is 20.8. The van der Waals surface area contributed by atoms with Crippen LogP contribution in [0.1, 0.15) is 29.0 Å². The summed E-state index contributed by atoms with van der Waals surface area (Å²) < 4.78 is 11.8. The Morgan fingerprint density at radius 1 is 1.13 bits per heavy atom. The van der Waals surface area contributed by atoms with Gasteiger partial charge in [-0.2, -0.15) is 0 Å². The molecule has 6 rings (SSSR count). The number of anilines is 3. The van der Waals surface area contributed by atoms with Crippen molar-refractivity contribution < 1.29 is 9.47 Å². The van der Waals surface area contributed by atoms with E-state index in [1.165, 1.54) is 17.5 Å². The third-order valence-electron chi connectivity index (χ3n) is 7.08. The van der Waals surface area contributed by atoms with Crippen molar-refractivity contribution in [3.8, 4) is 5.75 Å². The lowest BCUT2D eigenvalue weighted by Gasteiger charge is -2.43. The van der Waals surface area contributed by atoms with Gasteiger partial charge in [-0.1, -0.05) is 6.07 Å². The first kappa shape index (κ1) is 19.3. The van der Waals surface area contributed by atoms with Crippen LogP contribution in [-0.2, 0) is 11.3 Å². The minimum atomic E-state index is 0.467. The van der Waals surface area contributed by atoms with Gasteiger partial charge in [0, 0.05) is 44.7 Å². The van der Waals surface area contributed by atoms with E-state index in [0.717, 1.165) is 81.1 Å². The molecule has 8 heteroatoms. The van der Waals surface area contributed by atoms with Crippen LogP contribution in [0.5, 0.6) is 5.75 Å². The van der Waals surface area contributed by atoms with Gasteiger partial charge in [0.05, 0.1) is 24.5 Å².